The first-order chi connectivity index (χ1) is 13.6. The number of nitrogens with one attached hydrogen (secondary N) is 1. The second-order valence-corrected chi connectivity index (χ2v) is 8.17. The molecule has 1 fully saturated rings. The molecule has 3 N–H and O–H groups in total. The summed E-state index contributed by atoms with van der Waals surface area (Å²) in [6.07, 6.45) is 11.1. The number of nitrogens with two attached hydrogens (primary N) is 1. The van der Waals surface area contributed by atoms with E-state index in [4.69, 9.17) is 15.7 Å². The van der Waals surface area contributed by atoms with Crippen LogP contribution in [-0.2, 0) is 17.6 Å². The molecule has 28 heavy (non-hydrogen) atoms. The van der Waals surface area contributed by atoms with Gasteiger partial charge in [0.1, 0.15) is 11.6 Å². The van der Waals surface area contributed by atoms with Gasteiger partial charge in [-0.1, -0.05) is 54.1 Å². The first-order valence-corrected chi connectivity index (χ1v) is 9.94. The number of rotatable bonds is 5. The Balaban J connectivity index is 1.47. The summed E-state index contributed by atoms with van der Waals surface area (Å²) in [7, 11) is 0. The fourth-order valence-electron chi connectivity index (χ4n) is 4.94. The summed E-state index contributed by atoms with van der Waals surface area (Å²) in [6, 6.07) is 8.45. The molecule has 1 aromatic carbocycles. The number of carbonyl (C=O) groups excluding carboxylic acids is 1. The van der Waals surface area contributed by atoms with Crippen LogP contribution in [0.25, 0.3) is 6.08 Å². The van der Waals surface area contributed by atoms with Crippen molar-refractivity contribution in [2.75, 3.05) is 5.32 Å². The number of fused-ring (bicyclic) bond motifs is 3. The van der Waals surface area contributed by atoms with E-state index in [2.05, 4.69) is 60.8 Å². The first kappa shape index (κ1) is 17.2. The predicted octanol–water partition coefficient (Wildman–Crippen LogP) is 3.03. The lowest BCUT2D eigenvalue weighted by molar-refractivity contribution is -0.122. The molecule has 1 amide bonds. The average molecular weight is 372 g/mol. The molecule has 0 aliphatic heterocycles. The molecular formula is C23H24N4O. The maximum Gasteiger partial charge on any atom is 0.223 e. The molecule has 142 valence electrons. The molecule has 1 aromatic heterocycles. The largest absolute Gasteiger partial charge is 0.369 e. The summed E-state index contributed by atoms with van der Waals surface area (Å²) in [5.74, 6) is 1.82. The van der Waals surface area contributed by atoms with E-state index in [1.807, 2.05) is 0 Å². The Bertz CT molecular complexity index is 1010. The van der Waals surface area contributed by atoms with Crippen LogP contribution in [0.3, 0.4) is 0 Å². The van der Waals surface area contributed by atoms with Gasteiger partial charge in [0, 0.05) is 24.4 Å². The molecule has 3 aliphatic rings. The third-order valence-electron chi connectivity index (χ3n) is 6.20. The smallest absolute Gasteiger partial charge is 0.223 e. The second-order valence-electron chi connectivity index (χ2n) is 8.17. The van der Waals surface area contributed by atoms with E-state index in [9.17, 15) is 4.79 Å². The summed E-state index contributed by atoms with van der Waals surface area (Å²) in [5.41, 5.74) is 10.3. The third-order valence-corrected chi connectivity index (χ3v) is 6.20. The molecule has 1 saturated carbocycles. The zero-order valence-electron chi connectivity index (χ0n) is 15.9. The number of anilines is 1. The normalized spacial score (nSPS) is 26.6. The van der Waals surface area contributed by atoms with Crippen LogP contribution in [-0.4, -0.2) is 21.9 Å². The molecule has 3 aliphatic carbocycles. The van der Waals surface area contributed by atoms with Crippen LogP contribution in [0.4, 0.5) is 5.82 Å². The number of amides is 1. The molecule has 5 nitrogen and oxygen atoms in total. The van der Waals surface area contributed by atoms with Crippen LogP contribution in [0.1, 0.15) is 34.6 Å². The molecule has 5 heteroatoms. The predicted molar refractivity (Wildman–Crippen MR) is 110 cm³/mol. The lowest BCUT2D eigenvalue weighted by atomic mass is 9.88. The highest BCUT2D eigenvalue weighted by atomic mass is 16.1. The maximum atomic E-state index is 12.1. The molecule has 2 aromatic rings. The van der Waals surface area contributed by atoms with Crippen molar-refractivity contribution in [3.63, 3.8) is 0 Å². The molecule has 0 saturated heterocycles. The molecule has 0 spiro atoms. The number of aromatic nitrogens is 2. The van der Waals surface area contributed by atoms with Gasteiger partial charge < -0.3 is 11.1 Å². The Labute approximate surface area is 164 Å². The number of carbonyl (C=O) groups is 1. The summed E-state index contributed by atoms with van der Waals surface area (Å²) < 4.78 is 0. The number of aryl methyl sites for hydroxylation is 1. The third kappa shape index (κ3) is 2.91. The molecule has 0 radical (unpaired) electrons. The van der Waals surface area contributed by atoms with Gasteiger partial charge in [0.15, 0.2) is 0 Å². The van der Waals surface area contributed by atoms with E-state index in [0.717, 1.165) is 35.7 Å². The van der Waals surface area contributed by atoms with Gasteiger partial charge in [0.25, 0.3) is 0 Å². The zero-order chi connectivity index (χ0) is 19.3. The molecule has 1 heterocycles. The van der Waals surface area contributed by atoms with E-state index in [1.165, 1.54) is 11.1 Å². The lowest BCUT2D eigenvalue weighted by Crippen LogP contribution is -2.41. The number of primary amides is 1. The Hall–Kier alpha value is -2.95. The molecule has 5 rings (SSSR count). The van der Waals surface area contributed by atoms with Crippen molar-refractivity contribution < 1.29 is 4.79 Å². The Morgan fingerprint density at radius 3 is 2.93 bits per heavy atom. The van der Waals surface area contributed by atoms with Gasteiger partial charge in [0.05, 0.1) is 11.6 Å². The van der Waals surface area contributed by atoms with Crippen LogP contribution in [0.15, 0.2) is 42.5 Å². The van der Waals surface area contributed by atoms with E-state index >= 15 is 0 Å². The summed E-state index contributed by atoms with van der Waals surface area (Å²) in [6.45, 7) is 2.09. The van der Waals surface area contributed by atoms with Crippen molar-refractivity contribution in [2.24, 2.45) is 23.5 Å². The SMILES string of the molecule is Cc1cccc(Cc2nc3c(c(NC4C5C=CC(C5)C4C(N)=O)n2)C=CC3)c1. The fourth-order valence-corrected chi connectivity index (χ4v) is 4.94. The van der Waals surface area contributed by atoms with Crippen LogP contribution in [0, 0.1) is 24.7 Å². The quantitative estimate of drug-likeness (QED) is 0.791. The first-order valence-electron chi connectivity index (χ1n) is 9.94. The minimum Gasteiger partial charge on any atom is -0.369 e. The van der Waals surface area contributed by atoms with E-state index < -0.39 is 0 Å². The highest BCUT2D eigenvalue weighted by Gasteiger charge is 2.47. The van der Waals surface area contributed by atoms with Gasteiger partial charge >= 0.3 is 0 Å². The van der Waals surface area contributed by atoms with E-state index in [-0.39, 0.29) is 23.8 Å². The lowest BCUT2D eigenvalue weighted by Gasteiger charge is -2.28. The monoisotopic (exact) mass is 372 g/mol. The van der Waals surface area contributed by atoms with Crippen molar-refractivity contribution in [3.8, 4) is 0 Å². The number of hydrogen-bond acceptors (Lipinski definition) is 4. The molecular weight excluding hydrogens is 348 g/mol. The Morgan fingerprint density at radius 2 is 2.11 bits per heavy atom. The average Bonchev–Trinajstić information content (AvgIpc) is 3.37. The number of benzene rings is 1. The van der Waals surface area contributed by atoms with Crippen molar-refractivity contribution >= 4 is 17.8 Å². The maximum absolute atomic E-state index is 12.1. The number of allylic oxidation sites excluding steroid dienone is 2. The van der Waals surface area contributed by atoms with Crippen LogP contribution in [0.5, 0.6) is 0 Å². The highest BCUT2D eigenvalue weighted by Crippen LogP contribution is 2.45. The molecule has 4 atom stereocenters. The van der Waals surface area contributed by atoms with E-state index in [0.29, 0.717) is 12.3 Å². The molecule has 2 bridgehead atoms. The van der Waals surface area contributed by atoms with Gasteiger partial charge in [-0.2, -0.15) is 0 Å². The minimum atomic E-state index is -0.226. The Kier molecular flexibility index (Phi) is 4.04. The fraction of sp³-hybridized carbons (Fsp3) is 0.348. The highest BCUT2D eigenvalue weighted by molar-refractivity contribution is 5.80. The zero-order valence-corrected chi connectivity index (χ0v) is 15.9. The number of nitrogens with zero attached hydrogens (tertiary/aromatic N) is 2. The summed E-state index contributed by atoms with van der Waals surface area (Å²) in [4.78, 5) is 21.7. The van der Waals surface area contributed by atoms with Gasteiger partial charge in [-0.05, 0) is 30.7 Å². The standard InChI is InChI=1S/C23H24N4O/c1-13-4-2-5-14(10-13)11-19-25-18-7-3-6-17(18)23(26-19)27-21-16-9-8-15(12-16)20(21)22(24)28/h2-6,8-10,15-16,20-21H,7,11-12H2,1H3,(H2,24,28)(H,25,26,27). The van der Waals surface area contributed by atoms with Crippen molar-refractivity contribution in [3.05, 3.63) is 70.7 Å². The van der Waals surface area contributed by atoms with Gasteiger partial charge in [-0.15, -0.1) is 0 Å². The van der Waals surface area contributed by atoms with Gasteiger partial charge in [0.2, 0.25) is 5.91 Å². The second kappa shape index (κ2) is 6.59. The van der Waals surface area contributed by atoms with Crippen molar-refractivity contribution in [2.45, 2.75) is 32.2 Å². The Morgan fingerprint density at radius 1 is 1.25 bits per heavy atom. The van der Waals surface area contributed by atoms with Gasteiger partial charge in [-0.3, -0.25) is 4.79 Å². The topological polar surface area (TPSA) is 80.9 Å². The number of hydrogen-bond donors (Lipinski definition) is 2. The van der Waals surface area contributed by atoms with Crippen molar-refractivity contribution in [1.82, 2.24) is 9.97 Å². The molecule has 4 unspecified atom stereocenters. The summed E-state index contributed by atoms with van der Waals surface area (Å²) >= 11 is 0. The van der Waals surface area contributed by atoms with Crippen LogP contribution in [0.2, 0.25) is 0 Å². The van der Waals surface area contributed by atoms with E-state index in [1.54, 1.807) is 0 Å². The van der Waals surface area contributed by atoms with Gasteiger partial charge in [-0.25, -0.2) is 9.97 Å². The minimum absolute atomic E-state index is 0.00678. The summed E-state index contributed by atoms with van der Waals surface area (Å²) in [5, 5.41) is 3.59. The van der Waals surface area contributed by atoms with Crippen LogP contribution < -0.4 is 11.1 Å². The van der Waals surface area contributed by atoms with Crippen molar-refractivity contribution in [1.29, 1.82) is 0 Å². The van der Waals surface area contributed by atoms with Crippen LogP contribution >= 0.6 is 0 Å².